The lowest BCUT2D eigenvalue weighted by atomic mass is 9.94. The zero-order chi connectivity index (χ0) is 23.2. The first kappa shape index (κ1) is 22.7. The van der Waals surface area contributed by atoms with Crippen molar-refractivity contribution in [3.63, 3.8) is 0 Å². The number of carbonyl (C=O) groups is 2. The Morgan fingerprint density at radius 2 is 1.73 bits per heavy atom. The molecule has 1 fully saturated rings. The summed E-state index contributed by atoms with van der Waals surface area (Å²) < 4.78 is 10.9. The quantitative estimate of drug-likeness (QED) is 0.631. The molecule has 174 valence electrons. The second-order valence-corrected chi connectivity index (χ2v) is 7.98. The average Bonchev–Trinajstić information content (AvgIpc) is 2.85. The molecule has 2 aromatic rings. The smallest absolute Gasteiger partial charge is 0.338 e. The Bertz CT molecular complexity index is 1020. The highest BCUT2D eigenvalue weighted by Gasteiger charge is 2.35. The van der Waals surface area contributed by atoms with Crippen molar-refractivity contribution in [1.29, 1.82) is 0 Å². The molecule has 0 saturated carbocycles. The van der Waals surface area contributed by atoms with Crippen molar-refractivity contribution in [1.82, 2.24) is 15.5 Å². The summed E-state index contributed by atoms with van der Waals surface area (Å²) in [7, 11) is 1.35. The van der Waals surface area contributed by atoms with Crippen LogP contribution in [0.2, 0.25) is 0 Å². The Kier molecular flexibility index (Phi) is 7.14. The highest BCUT2D eigenvalue weighted by molar-refractivity contribution is 5.95. The number of para-hydroxylation sites is 2. The summed E-state index contributed by atoms with van der Waals surface area (Å²) in [5.41, 5.74) is 2.89. The number of hydrogen-bond acceptors (Lipinski definition) is 6. The van der Waals surface area contributed by atoms with E-state index in [-0.39, 0.29) is 6.03 Å². The van der Waals surface area contributed by atoms with Crippen LogP contribution < -0.4 is 20.3 Å². The number of esters is 1. The minimum Gasteiger partial charge on any atom is -0.494 e. The lowest BCUT2D eigenvalue weighted by molar-refractivity contribution is -0.136. The van der Waals surface area contributed by atoms with Crippen molar-refractivity contribution in [3.8, 4) is 5.75 Å². The van der Waals surface area contributed by atoms with Gasteiger partial charge >= 0.3 is 12.0 Å². The Labute approximate surface area is 194 Å². The number of nitrogens with one attached hydrogen (secondary N) is 2. The number of anilines is 1. The maximum absolute atomic E-state index is 12.9. The first-order valence-corrected chi connectivity index (χ1v) is 11.2. The number of nitrogens with zero attached hydrogens (tertiary/aromatic N) is 2. The van der Waals surface area contributed by atoms with Gasteiger partial charge in [0.2, 0.25) is 0 Å². The third-order valence-corrected chi connectivity index (χ3v) is 5.96. The summed E-state index contributed by atoms with van der Waals surface area (Å²) in [5, 5.41) is 5.73. The highest BCUT2D eigenvalue weighted by atomic mass is 16.5. The summed E-state index contributed by atoms with van der Waals surface area (Å²) in [4.78, 5) is 30.0. The Morgan fingerprint density at radius 1 is 1.03 bits per heavy atom. The van der Waals surface area contributed by atoms with E-state index in [2.05, 4.69) is 32.6 Å². The van der Waals surface area contributed by atoms with Crippen molar-refractivity contribution in [3.05, 3.63) is 71.4 Å². The van der Waals surface area contributed by atoms with Crippen molar-refractivity contribution in [2.45, 2.75) is 13.0 Å². The molecular formula is C25H30N4O4. The van der Waals surface area contributed by atoms with E-state index >= 15 is 0 Å². The van der Waals surface area contributed by atoms with Crippen LogP contribution in [0, 0.1) is 0 Å². The van der Waals surface area contributed by atoms with Crippen LogP contribution >= 0.6 is 0 Å². The maximum Gasteiger partial charge on any atom is 0.338 e. The number of carbonyl (C=O) groups excluding carboxylic acids is 2. The van der Waals surface area contributed by atoms with Gasteiger partial charge in [0.15, 0.2) is 0 Å². The SMILES string of the molecule is CCOc1ccccc1[C@@H]1NC(=O)NC(CN2CCN(c3ccccc3)CC2)=C1C(=O)OC. The fourth-order valence-corrected chi connectivity index (χ4v) is 4.36. The van der Waals surface area contributed by atoms with Gasteiger partial charge in [-0.3, -0.25) is 4.90 Å². The van der Waals surface area contributed by atoms with Gasteiger partial charge in [-0.25, -0.2) is 9.59 Å². The standard InChI is InChI=1S/C25H30N4O4/c1-3-33-21-12-8-7-11-19(21)23-22(24(30)32-2)20(26-25(31)27-23)17-28-13-15-29(16-14-28)18-9-5-4-6-10-18/h4-12,23H,3,13-17H2,1-2H3,(H2,26,27,31)/t23-/m0/s1. The summed E-state index contributed by atoms with van der Waals surface area (Å²) in [6.45, 7) is 6.20. The van der Waals surface area contributed by atoms with Gasteiger partial charge < -0.3 is 25.0 Å². The number of hydrogen-bond donors (Lipinski definition) is 2. The van der Waals surface area contributed by atoms with Crippen LogP contribution in [-0.2, 0) is 9.53 Å². The number of methoxy groups -OCH3 is 1. The molecule has 8 heteroatoms. The van der Waals surface area contributed by atoms with Crippen LogP contribution in [0.15, 0.2) is 65.9 Å². The van der Waals surface area contributed by atoms with Crippen molar-refractivity contribution < 1.29 is 19.1 Å². The van der Waals surface area contributed by atoms with Gasteiger partial charge in [0.25, 0.3) is 0 Å². The normalized spacial score (nSPS) is 19.0. The van der Waals surface area contributed by atoms with Crippen LogP contribution in [0.4, 0.5) is 10.5 Å². The van der Waals surface area contributed by atoms with E-state index in [0.717, 1.165) is 31.7 Å². The zero-order valence-electron chi connectivity index (χ0n) is 19.0. The fraction of sp³-hybridized carbons (Fsp3) is 0.360. The molecule has 0 unspecified atom stereocenters. The van der Waals surface area contributed by atoms with E-state index in [4.69, 9.17) is 9.47 Å². The molecule has 0 bridgehead atoms. The first-order valence-electron chi connectivity index (χ1n) is 11.2. The van der Waals surface area contributed by atoms with Gasteiger partial charge in [0, 0.05) is 49.7 Å². The molecule has 0 aromatic heterocycles. The fourth-order valence-electron chi connectivity index (χ4n) is 4.36. The molecule has 2 amide bonds. The molecule has 2 heterocycles. The third kappa shape index (κ3) is 5.12. The van der Waals surface area contributed by atoms with Gasteiger partial charge in [0.1, 0.15) is 5.75 Å². The van der Waals surface area contributed by atoms with E-state index in [1.165, 1.54) is 12.8 Å². The molecule has 1 saturated heterocycles. The molecule has 2 aliphatic rings. The number of benzene rings is 2. The zero-order valence-corrected chi connectivity index (χ0v) is 19.0. The molecule has 8 nitrogen and oxygen atoms in total. The predicted octanol–water partition coefficient (Wildman–Crippen LogP) is 2.69. The third-order valence-electron chi connectivity index (χ3n) is 5.96. The van der Waals surface area contributed by atoms with Gasteiger partial charge in [-0.05, 0) is 25.1 Å². The lowest BCUT2D eigenvalue weighted by Crippen LogP contribution is -2.51. The molecule has 2 aliphatic heterocycles. The maximum atomic E-state index is 12.9. The number of ether oxygens (including phenoxy) is 2. The number of amides is 2. The van der Waals surface area contributed by atoms with Crippen molar-refractivity contribution in [2.75, 3.05) is 51.3 Å². The number of rotatable bonds is 7. The molecule has 1 atom stereocenters. The largest absolute Gasteiger partial charge is 0.494 e. The first-order chi connectivity index (χ1) is 16.1. The molecule has 0 radical (unpaired) electrons. The highest BCUT2D eigenvalue weighted by Crippen LogP contribution is 2.34. The van der Waals surface area contributed by atoms with Crippen LogP contribution in [0.25, 0.3) is 0 Å². The molecule has 2 aromatic carbocycles. The Hall–Kier alpha value is -3.52. The topological polar surface area (TPSA) is 83.1 Å². The molecule has 0 spiro atoms. The number of piperazine rings is 1. The van der Waals surface area contributed by atoms with E-state index < -0.39 is 12.0 Å². The summed E-state index contributed by atoms with van der Waals surface area (Å²) >= 11 is 0. The van der Waals surface area contributed by atoms with Gasteiger partial charge in [-0.1, -0.05) is 36.4 Å². The van der Waals surface area contributed by atoms with E-state index in [1.54, 1.807) is 0 Å². The average molecular weight is 451 g/mol. The molecule has 33 heavy (non-hydrogen) atoms. The second-order valence-electron chi connectivity index (χ2n) is 7.98. The monoisotopic (exact) mass is 450 g/mol. The molecule has 4 rings (SSSR count). The number of urea groups is 1. The molecule has 2 N–H and O–H groups in total. The summed E-state index contributed by atoms with van der Waals surface area (Å²) in [6, 6.07) is 16.7. The predicted molar refractivity (Wildman–Crippen MR) is 126 cm³/mol. The minimum atomic E-state index is -0.658. The van der Waals surface area contributed by atoms with Crippen LogP contribution in [0.3, 0.4) is 0 Å². The van der Waals surface area contributed by atoms with Crippen molar-refractivity contribution in [2.24, 2.45) is 0 Å². The Morgan fingerprint density at radius 3 is 2.42 bits per heavy atom. The summed E-state index contributed by atoms with van der Waals surface area (Å²) in [5.74, 6) is 0.154. The van der Waals surface area contributed by atoms with Gasteiger partial charge in [-0.15, -0.1) is 0 Å². The molecule has 0 aliphatic carbocycles. The second kappa shape index (κ2) is 10.4. The summed E-state index contributed by atoms with van der Waals surface area (Å²) in [6.07, 6.45) is 0. The van der Waals surface area contributed by atoms with E-state index in [0.29, 0.717) is 30.2 Å². The van der Waals surface area contributed by atoms with Gasteiger partial charge in [-0.2, -0.15) is 0 Å². The Balaban J connectivity index is 1.58. The molecular weight excluding hydrogens is 420 g/mol. The van der Waals surface area contributed by atoms with Crippen molar-refractivity contribution >= 4 is 17.7 Å². The van der Waals surface area contributed by atoms with Crippen LogP contribution in [0.5, 0.6) is 5.75 Å². The van der Waals surface area contributed by atoms with E-state index in [1.807, 2.05) is 49.4 Å². The minimum absolute atomic E-state index is 0.350. The van der Waals surface area contributed by atoms with Crippen LogP contribution in [0.1, 0.15) is 18.5 Å². The lowest BCUT2D eigenvalue weighted by Gasteiger charge is -2.38. The van der Waals surface area contributed by atoms with Crippen LogP contribution in [-0.4, -0.2) is 63.3 Å². The van der Waals surface area contributed by atoms with E-state index in [9.17, 15) is 9.59 Å². The van der Waals surface area contributed by atoms with Gasteiger partial charge in [0.05, 0.1) is 25.3 Å².